The highest BCUT2D eigenvalue weighted by molar-refractivity contribution is 7.80. The number of aromatic carboxylic acids is 1. The van der Waals surface area contributed by atoms with E-state index in [1.54, 1.807) is 0 Å². The molecular formula is C22H34N4O5S. The van der Waals surface area contributed by atoms with Gasteiger partial charge in [0.15, 0.2) is 6.29 Å². The molecule has 1 aromatic carbocycles. The van der Waals surface area contributed by atoms with E-state index in [9.17, 15) is 24.3 Å². The summed E-state index contributed by atoms with van der Waals surface area (Å²) >= 11 is 4.08. The van der Waals surface area contributed by atoms with Crippen LogP contribution in [0.1, 0.15) is 66.7 Å². The Morgan fingerprint density at radius 3 is 2.44 bits per heavy atom. The Bertz CT molecular complexity index is 803. The second-order valence-electron chi connectivity index (χ2n) is 7.60. The Morgan fingerprint density at radius 2 is 1.88 bits per heavy atom. The highest BCUT2D eigenvalue weighted by Crippen LogP contribution is 2.25. The third-order valence-corrected chi connectivity index (χ3v) is 5.18. The fourth-order valence-electron chi connectivity index (χ4n) is 3.07. The van der Waals surface area contributed by atoms with Gasteiger partial charge in [-0.2, -0.15) is 12.6 Å². The lowest BCUT2D eigenvalue weighted by atomic mass is 10.0. The van der Waals surface area contributed by atoms with Crippen LogP contribution in [0.4, 0.5) is 11.4 Å². The first kappa shape index (κ1) is 27.4. The molecule has 0 aliphatic rings. The molecule has 0 heterocycles. The zero-order valence-electron chi connectivity index (χ0n) is 18.9. The minimum Gasteiger partial charge on any atom is -0.478 e. The molecule has 178 valence electrons. The van der Waals surface area contributed by atoms with E-state index >= 15 is 0 Å². The van der Waals surface area contributed by atoms with Crippen LogP contribution >= 0.6 is 12.6 Å². The minimum atomic E-state index is -1.22. The van der Waals surface area contributed by atoms with Gasteiger partial charge in [0.1, 0.15) is 0 Å². The number of carbonyl (C=O) groups excluding carboxylic acids is 3. The van der Waals surface area contributed by atoms with Gasteiger partial charge in [0.2, 0.25) is 11.8 Å². The number of unbranched alkanes of at least 4 members (excludes halogenated alkanes) is 1. The van der Waals surface area contributed by atoms with Crippen molar-refractivity contribution >= 4 is 48.1 Å². The standard InChI is InChI=1S/C22H34N4O5S/c1-4-5-6-20(28)26-19-10-15(13-27)18(11-17(19)22(30)31)24-12-16(9-14(2)23-3)25-21(29)7-8-32/h10-11,13-14,16,23-24,32H,4-9,12H2,1-3H3,(H,25,29)(H,26,28)(H,30,31). The summed E-state index contributed by atoms with van der Waals surface area (Å²) in [5, 5.41) is 21.3. The summed E-state index contributed by atoms with van der Waals surface area (Å²) in [4.78, 5) is 47.5. The van der Waals surface area contributed by atoms with E-state index in [4.69, 9.17) is 0 Å². The van der Waals surface area contributed by atoms with E-state index < -0.39 is 5.97 Å². The van der Waals surface area contributed by atoms with E-state index in [1.807, 2.05) is 20.9 Å². The molecule has 2 unspecified atom stereocenters. The van der Waals surface area contributed by atoms with Crippen LogP contribution in [-0.4, -0.2) is 60.6 Å². The average Bonchev–Trinajstić information content (AvgIpc) is 2.75. The molecular weight excluding hydrogens is 432 g/mol. The van der Waals surface area contributed by atoms with Gasteiger partial charge >= 0.3 is 5.97 Å². The first-order valence-electron chi connectivity index (χ1n) is 10.7. The summed E-state index contributed by atoms with van der Waals surface area (Å²) in [6.45, 7) is 4.21. The van der Waals surface area contributed by atoms with Gasteiger partial charge in [-0.1, -0.05) is 13.3 Å². The Balaban J connectivity index is 3.09. The van der Waals surface area contributed by atoms with Gasteiger partial charge in [0, 0.05) is 42.7 Å². The van der Waals surface area contributed by atoms with Crippen molar-refractivity contribution in [3.63, 3.8) is 0 Å². The number of amides is 2. The molecule has 0 saturated heterocycles. The molecule has 5 N–H and O–H groups in total. The fourth-order valence-corrected chi connectivity index (χ4v) is 3.27. The van der Waals surface area contributed by atoms with Gasteiger partial charge in [-0.25, -0.2) is 4.79 Å². The Hall–Kier alpha value is -2.59. The van der Waals surface area contributed by atoms with E-state index in [2.05, 4.69) is 33.9 Å². The van der Waals surface area contributed by atoms with Crippen molar-refractivity contribution < 1.29 is 24.3 Å². The number of carboxylic acid groups (broad SMARTS) is 1. The third kappa shape index (κ3) is 9.27. The fraction of sp³-hybridized carbons (Fsp3) is 0.545. The maximum atomic E-state index is 12.1. The number of rotatable bonds is 15. The number of nitrogens with one attached hydrogen (secondary N) is 4. The SMILES string of the molecule is CCCCC(=O)Nc1cc(C=O)c(NCC(CC(C)NC)NC(=O)CCS)cc1C(=O)O. The molecule has 1 rings (SSSR count). The summed E-state index contributed by atoms with van der Waals surface area (Å²) in [7, 11) is 1.82. The molecule has 0 saturated carbocycles. The quantitative estimate of drug-likeness (QED) is 0.173. The molecule has 0 fully saturated rings. The number of hydrogen-bond donors (Lipinski definition) is 6. The molecule has 2 amide bonds. The van der Waals surface area contributed by atoms with Gasteiger partial charge in [-0.3, -0.25) is 14.4 Å². The monoisotopic (exact) mass is 466 g/mol. The smallest absolute Gasteiger partial charge is 0.337 e. The number of benzene rings is 1. The van der Waals surface area contributed by atoms with Crippen LogP contribution in [0.3, 0.4) is 0 Å². The van der Waals surface area contributed by atoms with Gasteiger partial charge in [-0.15, -0.1) is 0 Å². The number of hydrogen-bond acceptors (Lipinski definition) is 7. The van der Waals surface area contributed by atoms with Crippen molar-refractivity contribution in [1.82, 2.24) is 10.6 Å². The first-order chi connectivity index (χ1) is 15.2. The van der Waals surface area contributed by atoms with Crippen molar-refractivity contribution in [3.8, 4) is 0 Å². The second-order valence-corrected chi connectivity index (χ2v) is 8.05. The average molecular weight is 467 g/mol. The van der Waals surface area contributed by atoms with Crippen molar-refractivity contribution in [2.45, 2.75) is 58.0 Å². The molecule has 10 heteroatoms. The number of carboxylic acids is 1. The Kier molecular flexibility index (Phi) is 12.4. The summed E-state index contributed by atoms with van der Waals surface area (Å²) < 4.78 is 0. The molecule has 32 heavy (non-hydrogen) atoms. The van der Waals surface area contributed by atoms with Crippen molar-refractivity contribution in [2.24, 2.45) is 0 Å². The normalized spacial score (nSPS) is 12.5. The molecule has 0 bridgehead atoms. The first-order valence-corrected chi connectivity index (χ1v) is 11.4. The van der Waals surface area contributed by atoms with Gasteiger partial charge in [0.25, 0.3) is 0 Å². The van der Waals surface area contributed by atoms with E-state index in [-0.39, 0.29) is 60.1 Å². The molecule has 0 aliphatic heterocycles. The number of anilines is 2. The highest BCUT2D eigenvalue weighted by Gasteiger charge is 2.19. The lowest BCUT2D eigenvalue weighted by Gasteiger charge is -2.24. The third-order valence-electron chi connectivity index (χ3n) is 4.95. The predicted octanol–water partition coefficient (Wildman–Crippen LogP) is 2.54. The van der Waals surface area contributed by atoms with Crippen LogP contribution in [0.25, 0.3) is 0 Å². The van der Waals surface area contributed by atoms with E-state index in [1.165, 1.54) is 12.1 Å². The van der Waals surface area contributed by atoms with Crippen LogP contribution < -0.4 is 21.3 Å². The minimum absolute atomic E-state index is 0.0775. The molecule has 9 nitrogen and oxygen atoms in total. The summed E-state index contributed by atoms with van der Waals surface area (Å²) in [5.41, 5.74) is 0.480. The molecule has 1 aromatic rings. The van der Waals surface area contributed by atoms with Crippen molar-refractivity contribution in [1.29, 1.82) is 0 Å². The molecule has 0 aliphatic carbocycles. The predicted molar refractivity (Wildman–Crippen MR) is 129 cm³/mol. The van der Waals surface area contributed by atoms with Crippen molar-refractivity contribution in [2.75, 3.05) is 30.0 Å². The number of aldehydes is 1. The van der Waals surface area contributed by atoms with Crippen LogP contribution in [0, 0.1) is 0 Å². The highest BCUT2D eigenvalue weighted by atomic mass is 32.1. The molecule has 2 atom stereocenters. The Morgan fingerprint density at radius 1 is 1.16 bits per heavy atom. The second kappa shape index (κ2) is 14.5. The van der Waals surface area contributed by atoms with Crippen LogP contribution in [0.2, 0.25) is 0 Å². The lowest BCUT2D eigenvalue weighted by molar-refractivity contribution is -0.121. The summed E-state index contributed by atoms with van der Waals surface area (Å²) in [6.07, 6.45) is 3.28. The zero-order valence-corrected chi connectivity index (χ0v) is 19.8. The van der Waals surface area contributed by atoms with Gasteiger partial charge < -0.3 is 26.4 Å². The maximum absolute atomic E-state index is 12.1. The molecule has 0 aromatic heterocycles. The van der Waals surface area contributed by atoms with E-state index in [0.29, 0.717) is 30.6 Å². The number of thiol groups is 1. The van der Waals surface area contributed by atoms with Crippen molar-refractivity contribution in [3.05, 3.63) is 23.3 Å². The number of carbonyl (C=O) groups is 4. The van der Waals surface area contributed by atoms with Crippen LogP contribution in [0.15, 0.2) is 12.1 Å². The largest absolute Gasteiger partial charge is 0.478 e. The van der Waals surface area contributed by atoms with E-state index in [0.717, 1.165) is 6.42 Å². The van der Waals surface area contributed by atoms with Crippen LogP contribution in [0.5, 0.6) is 0 Å². The summed E-state index contributed by atoms with van der Waals surface area (Å²) in [6, 6.07) is 2.55. The molecule has 0 spiro atoms. The maximum Gasteiger partial charge on any atom is 0.337 e. The lowest BCUT2D eigenvalue weighted by Crippen LogP contribution is -2.43. The Labute approximate surface area is 194 Å². The topological polar surface area (TPSA) is 137 Å². The van der Waals surface area contributed by atoms with Gasteiger partial charge in [-0.05, 0) is 44.7 Å². The zero-order chi connectivity index (χ0) is 24.1. The van der Waals surface area contributed by atoms with Crippen LogP contribution in [-0.2, 0) is 9.59 Å². The summed E-state index contributed by atoms with van der Waals surface area (Å²) in [5.74, 6) is -1.24. The van der Waals surface area contributed by atoms with Gasteiger partial charge in [0.05, 0.1) is 11.3 Å². The molecule has 0 radical (unpaired) electrons.